The van der Waals surface area contributed by atoms with E-state index in [2.05, 4.69) is 37.0 Å². The highest BCUT2D eigenvalue weighted by molar-refractivity contribution is 5.84. The lowest BCUT2D eigenvalue weighted by molar-refractivity contribution is 0.817. The summed E-state index contributed by atoms with van der Waals surface area (Å²) in [7, 11) is 0. The fourth-order valence-electron chi connectivity index (χ4n) is 1.93. The van der Waals surface area contributed by atoms with Gasteiger partial charge in [0.25, 0.3) is 0 Å². The van der Waals surface area contributed by atoms with E-state index in [1.807, 2.05) is 0 Å². The maximum absolute atomic E-state index is 5.51. The third-order valence-corrected chi connectivity index (χ3v) is 3.03. The Morgan fingerprint density at radius 2 is 2.07 bits per heavy atom. The first-order chi connectivity index (χ1) is 7.22. The molecule has 80 valence electrons. The zero-order valence-corrected chi connectivity index (χ0v) is 9.43. The summed E-state index contributed by atoms with van der Waals surface area (Å²) in [6.07, 6.45) is 2.09. The summed E-state index contributed by atoms with van der Waals surface area (Å²) in [5.41, 5.74) is 10.8. The number of H-pyrrole nitrogens is 1. The fraction of sp³-hybridized carbons (Fsp3) is 0.385. The van der Waals surface area contributed by atoms with Crippen molar-refractivity contribution in [3.63, 3.8) is 0 Å². The molecular formula is C13H18N2. The van der Waals surface area contributed by atoms with Gasteiger partial charge in [0.05, 0.1) is 0 Å². The molecule has 2 heteroatoms. The van der Waals surface area contributed by atoms with Crippen molar-refractivity contribution in [3.8, 4) is 0 Å². The molecule has 0 radical (unpaired) electrons. The molecule has 1 aromatic heterocycles. The van der Waals surface area contributed by atoms with Crippen LogP contribution in [0.1, 0.15) is 23.2 Å². The molecule has 2 nitrogen and oxygen atoms in total. The van der Waals surface area contributed by atoms with Crippen LogP contribution in [0, 0.1) is 13.8 Å². The molecule has 0 saturated heterocycles. The Balaban J connectivity index is 2.42. The molecule has 0 atom stereocenters. The van der Waals surface area contributed by atoms with Gasteiger partial charge in [-0.1, -0.05) is 12.1 Å². The van der Waals surface area contributed by atoms with Gasteiger partial charge in [0, 0.05) is 11.2 Å². The Kier molecular flexibility index (Phi) is 2.78. The molecule has 1 heterocycles. The lowest BCUT2D eigenvalue weighted by Crippen LogP contribution is -2.00. The predicted octanol–water partition coefficient (Wildman–Crippen LogP) is 2.68. The van der Waals surface area contributed by atoms with Crippen LogP contribution in [0.3, 0.4) is 0 Å². The molecule has 0 aliphatic heterocycles. The first-order valence-electron chi connectivity index (χ1n) is 5.50. The number of nitrogens with two attached hydrogens (primary N) is 1. The van der Waals surface area contributed by atoms with E-state index >= 15 is 0 Å². The first kappa shape index (κ1) is 10.2. The molecule has 0 bridgehead atoms. The average Bonchev–Trinajstić information content (AvgIpc) is 2.64. The van der Waals surface area contributed by atoms with Gasteiger partial charge in [-0.05, 0) is 55.8 Å². The SMILES string of the molecule is Cc1ccc2cc(CCCN)[nH]c2c1C. The van der Waals surface area contributed by atoms with Crippen molar-refractivity contribution < 1.29 is 0 Å². The highest BCUT2D eigenvalue weighted by Gasteiger charge is 2.04. The van der Waals surface area contributed by atoms with E-state index in [9.17, 15) is 0 Å². The summed E-state index contributed by atoms with van der Waals surface area (Å²) in [6.45, 7) is 5.07. The highest BCUT2D eigenvalue weighted by Crippen LogP contribution is 2.22. The summed E-state index contributed by atoms with van der Waals surface area (Å²) in [6, 6.07) is 6.59. The van der Waals surface area contributed by atoms with E-state index in [1.54, 1.807) is 0 Å². The van der Waals surface area contributed by atoms with Gasteiger partial charge in [0.2, 0.25) is 0 Å². The Morgan fingerprint density at radius 1 is 1.27 bits per heavy atom. The number of fused-ring (bicyclic) bond motifs is 1. The number of aromatic nitrogens is 1. The van der Waals surface area contributed by atoms with E-state index in [0.29, 0.717) is 0 Å². The Hall–Kier alpha value is -1.28. The van der Waals surface area contributed by atoms with Crippen LogP contribution < -0.4 is 5.73 Å². The number of hydrogen-bond donors (Lipinski definition) is 2. The maximum Gasteiger partial charge on any atom is 0.0488 e. The van der Waals surface area contributed by atoms with Crippen molar-refractivity contribution >= 4 is 10.9 Å². The van der Waals surface area contributed by atoms with Crippen molar-refractivity contribution in [1.82, 2.24) is 4.98 Å². The van der Waals surface area contributed by atoms with Crippen molar-refractivity contribution in [2.75, 3.05) is 6.54 Å². The largest absolute Gasteiger partial charge is 0.358 e. The van der Waals surface area contributed by atoms with Gasteiger partial charge in [0.1, 0.15) is 0 Å². The second-order valence-corrected chi connectivity index (χ2v) is 4.16. The van der Waals surface area contributed by atoms with Gasteiger partial charge in [-0.25, -0.2) is 0 Å². The quantitative estimate of drug-likeness (QED) is 0.789. The van der Waals surface area contributed by atoms with Crippen LogP contribution in [0.25, 0.3) is 10.9 Å². The fourth-order valence-corrected chi connectivity index (χ4v) is 1.93. The maximum atomic E-state index is 5.51. The van der Waals surface area contributed by atoms with Crippen LogP contribution in [0.4, 0.5) is 0 Å². The minimum atomic E-state index is 0.757. The second kappa shape index (κ2) is 4.07. The highest BCUT2D eigenvalue weighted by atomic mass is 14.7. The molecule has 0 fully saturated rings. The molecule has 15 heavy (non-hydrogen) atoms. The van der Waals surface area contributed by atoms with Crippen LogP contribution in [-0.2, 0) is 6.42 Å². The van der Waals surface area contributed by atoms with E-state index in [1.165, 1.54) is 27.7 Å². The molecule has 0 amide bonds. The van der Waals surface area contributed by atoms with Crippen molar-refractivity contribution in [2.24, 2.45) is 5.73 Å². The minimum Gasteiger partial charge on any atom is -0.358 e. The topological polar surface area (TPSA) is 41.8 Å². The lowest BCUT2D eigenvalue weighted by Gasteiger charge is -2.00. The normalized spacial score (nSPS) is 11.1. The smallest absolute Gasteiger partial charge is 0.0488 e. The van der Waals surface area contributed by atoms with Gasteiger partial charge >= 0.3 is 0 Å². The second-order valence-electron chi connectivity index (χ2n) is 4.16. The van der Waals surface area contributed by atoms with Gasteiger partial charge in [-0.2, -0.15) is 0 Å². The summed E-state index contributed by atoms with van der Waals surface area (Å²) in [5, 5.41) is 1.31. The zero-order valence-electron chi connectivity index (χ0n) is 9.43. The van der Waals surface area contributed by atoms with Crippen molar-refractivity contribution in [3.05, 3.63) is 35.0 Å². The van der Waals surface area contributed by atoms with E-state index in [-0.39, 0.29) is 0 Å². The molecule has 0 spiro atoms. The Labute approximate surface area is 90.5 Å². The predicted molar refractivity (Wildman–Crippen MR) is 65.1 cm³/mol. The van der Waals surface area contributed by atoms with Crippen LogP contribution >= 0.6 is 0 Å². The number of aryl methyl sites for hydroxylation is 3. The summed E-state index contributed by atoms with van der Waals surface area (Å²) in [4.78, 5) is 3.48. The van der Waals surface area contributed by atoms with Gasteiger partial charge < -0.3 is 10.7 Å². The van der Waals surface area contributed by atoms with Gasteiger partial charge in [-0.15, -0.1) is 0 Å². The molecule has 3 N–H and O–H groups in total. The third-order valence-electron chi connectivity index (χ3n) is 3.03. The molecule has 0 aliphatic rings. The minimum absolute atomic E-state index is 0.757. The van der Waals surface area contributed by atoms with Gasteiger partial charge in [0.15, 0.2) is 0 Å². The molecular weight excluding hydrogens is 184 g/mol. The number of benzene rings is 1. The van der Waals surface area contributed by atoms with Crippen LogP contribution in [-0.4, -0.2) is 11.5 Å². The zero-order chi connectivity index (χ0) is 10.8. The molecule has 1 aromatic carbocycles. The summed E-state index contributed by atoms with van der Waals surface area (Å²) in [5.74, 6) is 0. The molecule has 0 unspecified atom stereocenters. The Bertz CT molecular complexity index is 469. The standard InChI is InChI=1S/C13H18N2/c1-9-5-6-11-8-12(4-3-7-14)15-13(11)10(9)2/h5-6,8,15H,3-4,7,14H2,1-2H3. The first-order valence-corrected chi connectivity index (χ1v) is 5.50. The van der Waals surface area contributed by atoms with E-state index in [4.69, 9.17) is 5.73 Å². The number of hydrogen-bond acceptors (Lipinski definition) is 1. The van der Waals surface area contributed by atoms with Crippen LogP contribution in [0.2, 0.25) is 0 Å². The Morgan fingerprint density at radius 3 is 2.80 bits per heavy atom. The molecule has 0 aliphatic carbocycles. The van der Waals surface area contributed by atoms with E-state index in [0.717, 1.165) is 19.4 Å². The van der Waals surface area contributed by atoms with E-state index < -0.39 is 0 Å². The van der Waals surface area contributed by atoms with Crippen LogP contribution in [0.5, 0.6) is 0 Å². The van der Waals surface area contributed by atoms with Gasteiger partial charge in [-0.3, -0.25) is 0 Å². The number of rotatable bonds is 3. The van der Waals surface area contributed by atoms with Crippen molar-refractivity contribution in [2.45, 2.75) is 26.7 Å². The summed E-state index contributed by atoms with van der Waals surface area (Å²) < 4.78 is 0. The lowest BCUT2D eigenvalue weighted by atomic mass is 10.1. The average molecular weight is 202 g/mol. The molecule has 0 saturated carbocycles. The number of nitrogens with one attached hydrogen (secondary N) is 1. The molecule has 2 aromatic rings. The molecule has 2 rings (SSSR count). The van der Waals surface area contributed by atoms with Crippen molar-refractivity contribution in [1.29, 1.82) is 0 Å². The van der Waals surface area contributed by atoms with Crippen LogP contribution in [0.15, 0.2) is 18.2 Å². The number of aromatic amines is 1. The summed E-state index contributed by atoms with van der Waals surface area (Å²) >= 11 is 0. The third kappa shape index (κ3) is 1.90. The monoisotopic (exact) mass is 202 g/mol.